The van der Waals surface area contributed by atoms with E-state index in [-0.39, 0.29) is 12.3 Å². The number of allylic oxidation sites excluding steroid dienone is 2. The van der Waals surface area contributed by atoms with Crippen LogP contribution in [0.15, 0.2) is 12.2 Å². The predicted molar refractivity (Wildman–Crippen MR) is 71.4 cm³/mol. The number of hydrogen-bond donors (Lipinski definition) is 2. The molecular weight excluding hydrogens is 198 g/mol. The minimum Gasteiger partial charge on any atom is -0.381 e. The first kappa shape index (κ1) is 15.7. The smallest absolute Gasteiger partial charge is 0.0935 e. The molecular formula is C14H29NO. The van der Waals surface area contributed by atoms with Gasteiger partial charge in [0.15, 0.2) is 0 Å². The summed E-state index contributed by atoms with van der Waals surface area (Å²) in [5, 5.41) is 11.9. The van der Waals surface area contributed by atoms with Crippen molar-refractivity contribution in [2.45, 2.75) is 65.8 Å². The number of rotatable bonds is 8. The Morgan fingerprint density at radius 3 is 2.25 bits per heavy atom. The van der Waals surface area contributed by atoms with Gasteiger partial charge in [-0.25, -0.2) is 0 Å². The highest BCUT2D eigenvalue weighted by molar-refractivity contribution is 4.89. The summed E-state index contributed by atoms with van der Waals surface area (Å²) in [4.78, 5) is 0. The van der Waals surface area contributed by atoms with Gasteiger partial charge in [-0.05, 0) is 38.5 Å². The molecule has 0 aromatic heterocycles. The normalized spacial score (nSPS) is 13.6. The van der Waals surface area contributed by atoms with E-state index in [0.717, 1.165) is 19.3 Å². The Bertz CT molecular complexity index is 207. The third-order valence-corrected chi connectivity index (χ3v) is 3.29. The quantitative estimate of drug-likeness (QED) is 0.491. The van der Waals surface area contributed by atoms with E-state index in [1.165, 1.54) is 6.42 Å². The summed E-state index contributed by atoms with van der Waals surface area (Å²) in [7, 11) is 0. The number of aliphatic hydroxyl groups is 1. The highest BCUT2D eigenvalue weighted by atomic mass is 16.3. The molecule has 2 heteroatoms. The molecule has 16 heavy (non-hydrogen) atoms. The highest BCUT2D eigenvalue weighted by Gasteiger charge is 2.15. The molecule has 0 fully saturated rings. The van der Waals surface area contributed by atoms with Gasteiger partial charge in [-0.15, -0.1) is 0 Å². The fraction of sp³-hybridized carbons (Fsp3) is 0.857. The molecule has 0 saturated carbocycles. The zero-order valence-corrected chi connectivity index (χ0v) is 11.6. The monoisotopic (exact) mass is 227 g/mol. The molecule has 0 amide bonds. The lowest BCUT2D eigenvalue weighted by atomic mass is 9.86. The van der Waals surface area contributed by atoms with Crippen molar-refractivity contribution in [3.05, 3.63) is 12.2 Å². The maximum absolute atomic E-state index is 8.81. The SMILES string of the molecule is CCC(C)(C)C/C=C/CCC(C)(C)NCO. The van der Waals surface area contributed by atoms with E-state index >= 15 is 0 Å². The maximum Gasteiger partial charge on any atom is 0.0935 e. The van der Waals surface area contributed by atoms with Crippen molar-refractivity contribution in [3.63, 3.8) is 0 Å². The van der Waals surface area contributed by atoms with Crippen LogP contribution in [0.5, 0.6) is 0 Å². The molecule has 0 unspecified atom stereocenters. The van der Waals surface area contributed by atoms with Gasteiger partial charge >= 0.3 is 0 Å². The molecule has 0 aromatic rings. The lowest BCUT2D eigenvalue weighted by molar-refractivity contribution is 0.204. The minimum absolute atomic E-state index is 0.0271. The predicted octanol–water partition coefficient (Wildman–Crippen LogP) is 3.47. The summed E-state index contributed by atoms with van der Waals surface area (Å²) in [5.41, 5.74) is 0.453. The third-order valence-electron chi connectivity index (χ3n) is 3.29. The van der Waals surface area contributed by atoms with Crippen LogP contribution in [0.1, 0.15) is 60.3 Å². The molecule has 0 atom stereocenters. The van der Waals surface area contributed by atoms with E-state index in [2.05, 4.69) is 52.1 Å². The third kappa shape index (κ3) is 7.89. The summed E-state index contributed by atoms with van der Waals surface area (Å²) in [6.07, 6.45) is 9.04. The fourth-order valence-electron chi connectivity index (χ4n) is 1.41. The maximum atomic E-state index is 8.81. The van der Waals surface area contributed by atoms with Crippen LogP contribution in [0.2, 0.25) is 0 Å². The van der Waals surface area contributed by atoms with Gasteiger partial charge in [0.25, 0.3) is 0 Å². The fourth-order valence-corrected chi connectivity index (χ4v) is 1.41. The molecule has 0 heterocycles. The van der Waals surface area contributed by atoms with Crippen LogP contribution in [0.25, 0.3) is 0 Å². The van der Waals surface area contributed by atoms with E-state index in [1.54, 1.807) is 0 Å². The zero-order chi connectivity index (χ0) is 12.7. The van der Waals surface area contributed by atoms with Gasteiger partial charge in [0.2, 0.25) is 0 Å². The molecule has 0 aliphatic rings. The lowest BCUT2D eigenvalue weighted by Gasteiger charge is -2.24. The van der Waals surface area contributed by atoms with E-state index in [9.17, 15) is 0 Å². The van der Waals surface area contributed by atoms with Crippen LogP contribution in [-0.2, 0) is 0 Å². The van der Waals surface area contributed by atoms with Gasteiger partial charge in [0.1, 0.15) is 0 Å². The molecule has 0 aliphatic carbocycles. The molecule has 0 aliphatic heterocycles. The standard InChI is InChI=1S/C14H29NO/c1-6-13(2,3)10-8-7-9-11-14(4,5)15-12-16/h7-8,15-16H,6,9-12H2,1-5H3/b8-7+. The zero-order valence-electron chi connectivity index (χ0n) is 11.6. The van der Waals surface area contributed by atoms with E-state index in [1.807, 2.05) is 0 Å². The van der Waals surface area contributed by atoms with Crippen molar-refractivity contribution in [1.82, 2.24) is 5.32 Å². The molecule has 0 aromatic carbocycles. The summed E-state index contributed by atoms with van der Waals surface area (Å²) in [6, 6.07) is 0. The molecule has 2 N–H and O–H groups in total. The Morgan fingerprint density at radius 2 is 1.75 bits per heavy atom. The van der Waals surface area contributed by atoms with E-state index in [0.29, 0.717) is 5.41 Å². The molecule has 0 spiro atoms. The van der Waals surface area contributed by atoms with Crippen LogP contribution in [-0.4, -0.2) is 17.4 Å². The van der Waals surface area contributed by atoms with Crippen molar-refractivity contribution in [3.8, 4) is 0 Å². The summed E-state index contributed by atoms with van der Waals surface area (Å²) >= 11 is 0. The van der Waals surface area contributed by atoms with Crippen molar-refractivity contribution < 1.29 is 5.11 Å². The van der Waals surface area contributed by atoms with Crippen LogP contribution in [0, 0.1) is 5.41 Å². The Labute approximate surface area is 101 Å². The van der Waals surface area contributed by atoms with Gasteiger partial charge in [-0.1, -0.05) is 39.3 Å². The van der Waals surface area contributed by atoms with Gasteiger partial charge in [-0.2, -0.15) is 0 Å². The highest BCUT2D eigenvalue weighted by Crippen LogP contribution is 2.24. The topological polar surface area (TPSA) is 32.3 Å². The number of aliphatic hydroxyl groups excluding tert-OH is 1. The average molecular weight is 227 g/mol. The van der Waals surface area contributed by atoms with Crippen LogP contribution in [0.3, 0.4) is 0 Å². The second-order valence-electron chi connectivity index (χ2n) is 5.95. The minimum atomic E-state index is 0.0271. The summed E-state index contributed by atoms with van der Waals surface area (Å²) < 4.78 is 0. The van der Waals surface area contributed by atoms with Gasteiger partial charge in [-0.3, -0.25) is 5.32 Å². The number of nitrogens with one attached hydrogen (secondary N) is 1. The van der Waals surface area contributed by atoms with Crippen molar-refractivity contribution in [2.24, 2.45) is 5.41 Å². The molecule has 0 bridgehead atoms. The largest absolute Gasteiger partial charge is 0.381 e. The van der Waals surface area contributed by atoms with Crippen LogP contribution < -0.4 is 5.32 Å². The molecule has 0 rings (SSSR count). The van der Waals surface area contributed by atoms with Gasteiger partial charge < -0.3 is 5.11 Å². The van der Waals surface area contributed by atoms with E-state index < -0.39 is 0 Å². The Hall–Kier alpha value is -0.340. The van der Waals surface area contributed by atoms with Crippen molar-refractivity contribution in [1.29, 1.82) is 0 Å². The Morgan fingerprint density at radius 1 is 1.12 bits per heavy atom. The number of hydrogen-bond acceptors (Lipinski definition) is 2. The van der Waals surface area contributed by atoms with Gasteiger partial charge in [0, 0.05) is 5.54 Å². The molecule has 0 radical (unpaired) electrons. The first-order valence-corrected chi connectivity index (χ1v) is 6.34. The van der Waals surface area contributed by atoms with E-state index in [4.69, 9.17) is 5.11 Å². The molecule has 2 nitrogen and oxygen atoms in total. The summed E-state index contributed by atoms with van der Waals surface area (Å²) in [5.74, 6) is 0. The van der Waals surface area contributed by atoms with Gasteiger partial charge in [0.05, 0.1) is 6.73 Å². The Kier molecular flexibility index (Phi) is 6.93. The molecule has 0 saturated heterocycles. The van der Waals surface area contributed by atoms with Crippen LogP contribution in [0.4, 0.5) is 0 Å². The first-order valence-electron chi connectivity index (χ1n) is 6.34. The Balaban J connectivity index is 3.78. The second-order valence-corrected chi connectivity index (χ2v) is 5.95. The van der Waals surface area contributed by atoms with Crippen molar-refractivity contribution in [2.75, 3.05) is 6.73 Å². The summed E-state index contributed by atoms with van der Waals surface area (Å²) in [6.45, 7) is 11.1. The average Bonchev–Trinajstić information content (AvgIpc) is 2.17. The first-order chi connectivity index (χ1) is 7.33. The second kappa shape index (κ2) is 7.08. The molecule has 96 valence electrons. The van der Waals surface area contributed by atoms with Crippen LogP contribution >= 0.6 is 0 Å². The lowest BCUT2D eigenvalue weighted by Crippen LogP contribution is -2.39. The van der Waals surface area contributed by atoms with Crippen molar-refractivity contribution >= 4 is 0 Å².